The highest BCUT2D eigenvalue weighted by atomic mass is 16.5. The van der Waals surface area contributed by atoms with Gasteiger partial charge in [-0.1, -0.05) is 18.2 Å². The molecule has 19 heavy (non-hydrogen) atoms. The Kier molecular flexibility index (Phi) is 4.76. The van der Waals surface area contributed by atoms with Crippen LogP contribution in [0.3, 0.4) is 0 Å². The Balaban J connectivity index is 1.93. The van der Waals surface area contributed by atoms with Crippen LogP contribution >= 0.6 is 0 Å². The first kappa shape index (κ1) is 13.8. The van der Waals surface area contributed by atoms with E-state index in [2.05, 4.69) is 10.3 Å². The van der Waals surface area contributed by atoms with E-state index in [1.54, 1.807) is 7.11 Å². The molecule has 0 amide bonds. The van der Waals surface area contributed by atoms with Crippen LogP contribution in [0, 0.1) is 0 Å². The third kappa shape index (κ3) is 3.94. The molecule has 3 N–H and O–H groups in total. The van der Waals surface area contributed by atoms with Crippen LogP contribution in [0.2, 0.25) is 0 Å². The monoisotopic (exact) mass is 263 g/mol. The molecule has 0 unspecified atom stereocenters. The molecule has 104 valence electrons. The maximum absolute atomic E-state index is 5.89. The number of methoxy groups -OCH3 is 1. The Bertz CT molecular complexity index is 414. The van der Waals surface area contributed by atoms with E-state index in [1.165, 1.54) is 0 Å². The van der Waals surface area contributed by atoms with E-state index in [-0.39, 0.29) is 5.60 Å². The van der Waals surface area contributed by atoms with Gasteiger partial charge >= 0.3 is 0 Å². The van der Waals surface area contributed by atoms with Crippen LogP contribution in [0.5, 0.6) is 0 Å². The van der Waals surface area contributed by atoms with Gasteiger partial charge in [0.05, 0.1) is 12.1 Å². The van der Waals surface area contributed by atoms with Crippen molar-refractivity contribution in [3.8, 4) is 0 Å². The third-order valence-electron chi connectivity index (χ3n) is 3.42. The predicted molar refractivity (Wildman–Crippen MR) is 76.3 cm³/mol. The fraction of sp³-hybridized carbons (Fsp3) is 0.500. The van der Waals surface area contributed by atoms with E-state index in [4.69, 9.17) is 15.2 Å². The van der Waals surface area contributed by atoms with Crippen molar-refractivity contribution in [1.82, 2.24) is 0 Å². The van der Waals surface area contributed by atoms with Gasteiger partial charge in [0.1, 0.15) is 0 Å². The predicted octanol–water partition coefficient (Wildman–Crippen LogP) is 1.61. The topological polar surface area (TPSA) is 68.9 Å². The van der Waals surface area contributed by atoms with E-state index in [1.807, 2.05) is 30.3 Å². The molecule has 5 heteroatoms. The molecule has 1 aliphatic heterocycles. The van der Waals surface area contributed by atoms with Crippen molar-refractivity contribution in [3.05, 3.63) is 30.3 Å². The van der Waals surface area contributed by atoms with Crippen LogP contribution in [0.1, 0.15) is 12.8 Å². The van der Waals surface area contributed by atoms with Crippen LogP contribution in [0.4, 0.5) is 5.69 Å². The standard InChI is InChI=1S/C14H21N3O2/c1-18-14(7-9-19-10-8-14)11-16-13(15)17-12-5-3-2-4-6-12/h2-6H,7-11H2,1H3,(H3,15,16,17). The summed E-state index contributed by atoms with van der Waals surface area (Å²) in [5.74, 6) is 0.411. The molecule has 1 aromatic carbocycles. The number of nitrogens with one attached hydrogen (secondary N) is 1. The Morgan fingerprint density at radius 2 is 2.05 bits per heavy atom. The number of aliphatic imine (C=N–C) groups is 1. The summed E-state index contributed by atoms with van der Waals surface area (Å²) in [5.41, 5.74) is 6.59. The minimum absolute atomic E-state index is 0.235. The molecular formula is C14H21N3O2. The quantitative estimate of drug-likeness (QED) is 0.639. The van der Waals surface area contributed by atoms with Crippen molar-refractivity contribution in [3.63, 3.8) is 0 Å². The fourth-order valence-corrected chi connectivity index (χ4v) is 2.11. The van der Waals surface area contributed by atoms with Crippen LogP contribution in [0.25, 0.3) is 0 Å². The molecule has 1 fully saturated rings. The molecule has 0 aromatic heterocycles. The lowest BCUT2D eigenvalue weighted by Gasteiger charge is -2.34. The zero-order chi connectivity index (χ0) is 13.6. The largest absolute Gasteiger partial charge is 0.381 e. The molecule has 0 radical (unpaired) electrons. The molecule has 2 rings (SSSR count). The molecule has 0 aliphatic carbocycles. The smallest absolute Gasteiger partial charge is 0.193 e. The van der Waals surface area contributed by atoms with E-state index < -0.39 is 0 Å². The van der Waals surface area contributed by atoms with Gasteiger partial charge in [0.15, 0.2) is 5.96 Å². The molecule has 1 saturated heterocycles. The summed E-state index contributed by atoms with van der Waals surface area (Å²) in [7, 11) is 1.72. The van der Waals surface area contributed by atoms with Gasteiger partial charge < -0.3 is 20.5 Å². The second-order valence-corrected chi connectivity index (χ2v) is 4.69. The Hall–Kier alpha value is -1.59. The van der Waals surface area contributed by atoms with Crippen molar-refractivity contribution >= 4 is 11.6 Å². The normalized spacial score (nSPS) is 19.1. The van der Waals surface area contributed by atoms with Crippen molar-refractivity contribution in [2.75, 3.05) is 32.2 Å². The summed E-state index contributed by atoms with van der Waals surface area (Å²) in [6.45, 7) is 1.99. The fourth-order valence-electron chi connectivity index (χ4n) is 2.11. The number of guanidine groups is 1. The second kappa shape index (κ2) is 6.54. The highest BCUT2D eigenvalue weighted by Gasteiger charge is 2.32. The van der Waals surface area contributed by atoms with E-state index in [0.717, 1.165) is 31.7 Å². The Morgan fingerprint density at radius 1 is 1.37 bits per heavy atom. The van der Waals surface area contributed by atoms with E-state index >= 15 is 0 Å². The van der Waals surface area contributed by atoms with Gasteiger partial charge in [-0.3, -0.25) is 4.99 Å². The van der Waals surface area contributed by atoms with Gasteiger partial charge in [0, 0.05) is 38.9 Å². The van der Waals surface area contributed by atoms with Crippen molar-refractivity contribution < 1.29 is 9.47 Å². The number of hydrogen-bond acceptors (Lipinski definition) is 3. The van der Waals surface area contributed by atoms with Crippen LogP contribution in [0.15, 0.2) is 35.3 Å². The lowest BCUT2D eigenvalue weighted by atomic mass is 9.94. The molecular weight excluding hydrogens is 242 g/mol. The molecule has 1 aliphatic rings. The number of benzene rings is 1. The maximum atomic E-state index is 5.89. The zero-order valence-corrected chi connectivity index (χ0v) is 11.3. The summed E-state index contributed by atoms with van der Waals surface area (Å²) >= 11 is 0. The molecule has 5 nitrogen and oxygen atoms in total. The first-order chi connectivity index (χ1) is 9.24. The highest BCUT2D eigenvalue weighted by molar-refractivity contribution is 5.92. The van der Waals surface area contributed by atoms with Gasteiger partial charge in [-0.05, 0) is 12.1 Å². The molecule has 0 saturated carbocycles. The van der Waals surface area contributed by atoms with Gasteiger partial charge in [0.25, 0.3) is 0 Å². The highest BCUT2D eigenvalue weighted by Crippen LogP contribution is 2.24. The number of ether oxygens (including phenoxy) is 2. The van der Waals surface area contributed by atoms with Crippen LogP contribution in [-0.4, -0.2) is 38.4 Å². The molecule has 1 heterocycles. The molecule has 0 spiro atoms. The van der Waals surface area contributed by atoms with Gasteiger partial charge in [-0.25, -0.2) is 0 Å². The van der Waals surface area contributed by atoms with Crippen molar-refractivity contribution in [1.29, 1.82) is 0 Å². The van der Waals surface area contributed by atoms with E-state index in [0.29, 0.717) is 12.5 Å². The summed E-state index contributed by atoms with van der Waals surface area (Å²) in [6, 6.07) is 9.75. The number of para-hydroxylation sites is 1. The average molecular weight is 263 g/mol. The summed E-state index contributed by atoms with van der Waals surface area (Å²) in [6.07, 6.45) is 1.71. The number of nitrogens with zero attached hydrogens (tertiary/aromatic N) is 1. The molecule has 1 aromatic rings. The number of nitrogens with two attached hydrogens (primary N) is 1. The number of rotatable bonds is 4. The number of hydrogen-bond donors (Lipinski definition) is 2. The summed E-state index contributed by atoms with van der Waals surface area (Å²) < 4.78 is 11.0. The number of anilines is 1. The van der Waals surface area contributed by atoms with Crippen molar-refractivity contribution in [2.24, 2.45) is 10.7 Å². The second-order valence-electron chi connectivity index (χ2n) is 4.69. The van der Waals surface area contributed by atoms with Gasteiger partial charge in [-0.2, -0.15) is 0 Å². The maximum Gasteiger partial charge on any atom is 0.193 e. The Labute approximate surface area is 113 Å². The van der Waals surface area contributed by atoms with Gasteiger partial charge in [-0.15, -0.1) is 0 Å². The van der Waals surface area contributed by atoms with Crippen LogP contribution < -0.4 is 11.1 Å². The first-order valence-electron chi connectivity index (χ1n) is 6.49. The lowest BCUT2D eigenvalue weighted by molar-refractivity contribution is -0.0828. The first-order valence-corrected chi connectivity index (χ1v) is 6.49. The molecule has 0 bridgehead atoms. The van der Waals surface area contributed by atoms with Crippen molar-refractivity contribution in [2.45, 2.75) is 18.4 Å². The van der Waals surface area contributed by atoms with Crippen LogP contribution in [-0.2, 0) is 9.47 Å². The molecule has 0 atom stereocenters. The average Bonchev–Trinajstić information content (AvgIpc) is 2.47. The summed E-state index contributed by atoms with van der Waals surface area (Å²) in [4.78, 5) is 4.39. The minimum Gasteiger partial charge on any atom is -0.381 e. The van der Waals surface area contributed by atoms with Gasteiger partial charge in [0.2, 0.25) is 0 Å². The third-order valence-corrected chi connectivity index (χ3v) is 3.42. The van der Waals surface area contributed by atoms with E-state index in [9.17, 15) is 0 Å². The summed E-state index contributed by atoms with van der Waals surface area (Å²) in [5, 5.41) is 3.06. The SMILES string of the molecule is COC1(CN=C(N)Nc2ccccc2)CCOCC1. The Morgan fingerprint density at radius 3 is 2.68 bits per heavy atom. The zero-order valence-electron chi connectivity index (χ0n) is 11.3. The lowest BCUT2D eigenvalue weighted by Crippen LogP contribution is -2.42. The minimum atomic E-state index is -0.235.